The average Bonchev–Trinajstić information content (AvgIpc) is 3.50. The van der Waals surface area contributed by atoms with E-state index in [2.05, 4.69) is 64.3 Å². The van der Waals surface area contributed by atoms with Crippen molar-refractivity contribution in [2.24, 2.45) is 0 Å². The maximum Gasteiger partial charge on any atom is 0.207 e. The number of carbonyl (C=O) groups excluding carboxylic acids is 1. The summed E-state index contributed by atoms with van der Waals surface area (Å²) in [5, 5.41) is 6.34. The topological polar surface area (TPSA) is 75.1 Å². The number of amides is 1. The van der Waals surface area contributed by atoms with Crippen LogP contribution in [-0.4, -0.2) is 58.1 Å². The molecule has 2 aromatic heterocycles. The van der Waals surface area contributed by atoms with Crippen LogP contribution in [0, 0.1) is 20.8 Å². The predicted molar refractivity (Wildman–Crippen MR) is 148 cm³/mol. The highest BCUT2D eigenvalue weighted by molar-refractivity contribution is 5.76. The second kappa shape index (κ2) is 12.9. The lowest BCUT2D eigenvalue weighted by atomic mass is 9.95. The molecule has 3 aromatic rings. The van der Waals surface area contributed by atoms with E-state index in [9.17, 15) is 4.79 Å². The van der Waals surface area contributed by atoms with Crippen LogP contribution >= 0.6 is 0 Å². The van der Waals surface area contributed by atoms with Crippen molar-refractivity contribution in [3.8, 4) is 0 Å². The first kappa shape index (κ1) is 26.1. The maximum atomic E-state index is 9.85. The van der Waals surface area contributed by atoms with Crippen molar-refractivity contribution < 1.29 is 4.79 Å². The molecule has 194 valence electrons. The molecular formula is C29H42N6O. The fraction of sp³-hybridized carbons (Fsp3) is 0.552. The van der Waals surface area contributed by atoms with Crippen molar-refractivity contribution in [1.82, 2.24) is 24.8 Å². The number of pyridine rings is 1. The number of hydrogen-bond acceptors (Lipinski definition) is 5. The molecule has 0 atom stereocenters. The van der Waals surface area contributed by atoms with E-state index in [-0.39, 0.29) is 0 Å². The highest BCUT2D eigenvalue weighted by atomic mass is 16.1. The Bertz CT molecular complexity index is 1110. The number of aryl methyl sites for hydroxylation is 3. The molecular weight excluding hydrogens is 448 g/mol. The van der Waals surface area contributed by atoms with Gasteiger partial charge in [-0.15, -0.1) is 0 Å². The third-order valence-electron chi connectivity index (χ3n) is 7.34. The number of hydrogen-bond donors (Lipinski definition) is 2. The van der Waals surface area contributed by atoms with Crippen LogP contribution in [0.5, 0.6) is 0 Å². The molecule has 1 saturated heterocycles. The number of imidazole rings is 1. The Kier molecular flexibility index (Phi) is 9.34. The lowest BCUT2D eigenvalue weighted by Crippen LogP contribution is -2.29. The van der Waals surface area contributed by atoms with Gasteiger partial charge in [-0.3, -0.25) is 4.79 Å². The van der Waals surface area contributed by atoms with Crippen molar-refractivity contribution in [3.63, 3.8) is 0 Å². The van der Waals surface area contributed by atoms with E-state index >= 15 is 0 Å². The molecule has 0 unspecified atom stereocenters. The fourth-order valence-electron chi connectivity index (χ4n) is 5.36. The molecule has 3 heterocycles. The minimum Gasteiger partial charge on any atom is -0.382 e. The highest BCUT2D eigenvalue weighted by Crippen LogP contribution is 2.23. The van der Waals surface area contributed by atoms with Gasteiger partial charge in [0.25, 0.3) is 0 Å². The Morgan fingerprint density at radius 1 is 0.972 bits per heavy atom. The summed E-state index contributed by atoms with van der Waals surface area (Å²) < 4.78 is 2.22. The van der Waals surface area contributed by atoms with Crippen molar-refractivity contribution in [1.29, 1.82) is 0 Å². The zero-order valence-electron chi connectivity index (χ0n) is 22.2. The van der Waals surface area contributed by atoms with Gasteiger partial charge in [0.05, 0.1) is 6.54 Å². The summed E-state index contributed by atoms with van der Waals surface area (Å²) in [5.74, 6) is 1.02. The Morgan fingerprint density at radius 2 is 1.69 bits per heavy atom. The minimum absolute atomic E-state index is 0.643. The molecule has 7 heteroatoms. The standard InChI is InChI=1S/C22H28N4.C7H14N2O/c1-15-13-16(2)23-22-21(15)24-17(3)26(22)14-18-9-11-20(12-10-18)25-19-7-5-4-6-8-19;10-7-8-3-6-9-4-1-2-5-9/h9-13,19,25H,4-8,14H2,1-3H3;7H,1-6H2,(H,8,10). The SMILES string of the molecule is Cc1cc(C)c2nc(C)n(Cc3ccc(NC4CCCCC4)cc3)c2n1.O=CNCCN1CCCC1. The molecule has 1 aromatic carbocycles. The van der Waals surface area contributed by atoms with E-state index in [4.69, 9.17) is 9.97 Å². The molecule has 36 heavy (non-hydrogen) atoms. The number of carbonyl (C=O) groups is 1. The third kappa shape index (κ3) is 7.06. The second-order valence-corrected chi connectivity index (χ2v) is 10.3. The zero-order chi connectivity index (χ0) is 25.3. The maximum absolute atomic E-state index is 9.85. The highest BCUT2D eigenvalue weighted by Gasteiger charge is 2.14. The van der Waals surface area contributed by atoms with E-state index < -0.39 is 0 Å². The zero-order valence-corrected chi connectivity index (χ0v) is 22.2. The van der Waals surface area contributed by atoms with Crippen LogP contribution in [-0.2, 0) is 11.3 Å². The van der Waals surface area contributed by atoms with Gasteiger partial charge in [-0.2, -0.15) is 0 Å². The molecule has 1 aliphatic carbocycles. The number of nitrogens with one attached hydrogen (secondary N) is 2. The fourth-order valence-corrected chi connectivity index (χ4v) is 5.36. The molecule has 0 spiro atoms. The van der Waals surface area contributed by atoms with E-state index in [1.165, 1.54) is 74.8 Å². The molecule has 0 radical (unpaired) electrons. The van der Waals surface area contributed by atoms with Crippen LogP contribution in [0.2, 0.25) is 0 Å². The molecule has 1 amide bonds. The first-order chi connectivity index (χ1) is 17.5. The number of aromatic nitrogens is 3. The van der Waals surface area contributed by atoms with Gasteiger partial charge in [0, 0.05) is 30.5 Å². The summed E-state index contributed by atoms with van der Waals surface area (Å²) in [6.07, 6.45) is 10.1. The van der Waals surface area contributed by atoms with Crippen LogP contribution in [0.25, 0.3) is 11.2 Å². The van der Waals surface area contributed by atoms with Gasteiger partial charge in [-0.25, -0.2) is 9.97 Å². The average molecular weight is 491 g/mol. The molecule has 5 rings (SSSR count). The molecule has 2 N–H and O–H groups in total. The van der Waals surface area contributed by atoms with E-state index in [0.717, 1.165) is 48.7 Å². The molecule has 7 nitrogen and oxygen atoms in total. The molecule has 0 bridgehead atoms. The Labute approximate surface area is 215 Å². The van der Waals surface area contributed by atoms with E-state index in [1.807, 2.05) is 6.92 Å². The monoisotopic (exact) mass is 490 g/mol. The van der Waals surface area contributed by atoms with Crippen LogP contribution in [0.15, 0.2) is 30.3 Å². The van der Waals surface area contributed by atoms with Crippen LogP contribution < -0.4 is 10.6 Å². The smallest absolute Gasteiger partial charge is 0.207 e. The molecule has 2 fully saturated rings. The quantitative estimate of drug-likeness (QED) is 0.344. The summed E-state index contributed by atoms with van der Waals surface area (Å²) in [7, 11) is 0. The summed E-state index contributed by atoms with van der Waals surface area (Å²) in [4.78, 5) is 21.7. The third-order valence-corrected chi connectivity index (χ3v) is 7.34. The molecule has 2 aliphatic rings. The Morgan fingerprint density at radius 3 is 2.39 bits per heavy atom. The van der Waals surface area contributed by atoms with Crippen LogP contribution in [0.1, 0.15) is 67.6 Å². The normalized spacial score (nSPS) is 16.5. The first-order valence-corrected chi connectivity index (χ1v) is 13.6. The number of benzene rings is 1. The van der Waals surface area contributed by atoms with Crippen molar-refractivity contribution in [3.05, 3.63) is 53.0 Å². The number of rotatable bonds is 8. The van der Waals surface area contributed by atoms with E-state index in [0.29, 0.717) is 6.04 Å². The number of likely N-dealkylation sites (tertiary alicyclic amines) is 1. The van der Waals surface area contributed by atoms with Gasteiger partial charge in [0.15, 0.2) is 5.65 Å². The first-order valence-electron chi connectivity index (χ1n) is 13.6. The number of anilines is 1. The predicted octanol–water partition coefficient (Wildman–Crippen LogP) is 4.98. The summed E-state index contributed by atoms with van der Waals surface area (Å²) in [6, 6.07) is 11.6. The Balaban J connectivity index is 0.000000256. The van der Waals surface area contributed by atoms with Gasteiger partial charge in [-0.1, -0.05) is 31.4 Å². The van der Waals surface area contributed by atoms with Gasteiger partial charge in [0.2, 0.25) is 6.41 Å². The van der Waals surface area contributed by atoms with Gasteiger partial charge >= 0.3 is 0 Å². The second-order valence-electron chi connectivity index (χ2n) is 10.3. The molecule has 1 saturated carbocycles. The summed E-state index contributed by atoms with van der Waals surface area (Å²) >= 11 is 0. The van der Waals surface area contributed by atoms with E-state index in [1.54, 1.807) is 0 Å². The molecule has 1 aliphatic heterocycles. The largest absolute Gasteiger partial charge is 0.382 e. The van der Waals surface area contributed by atoms with Gasteiger partial charge in [0.1, 0.15) is 11.3 Å². The van der Waals surface area contributed by atoms with Crippen molar-refractivity contribution in [2.75, 3.05) is 31.5 Å². The van der Waals surface area contributed by atoms with Gasteiger partial charge in [-0.05, 0) is 88.9 Å². The van der Waals surface area contributed by atoms with Crippen molar-refractivity contribution >= 4 is 23.3 Å². The van der Waals surface area contributed by atoms with Crippen LogP contribution in [0.4, 0.5) is 5.69 Å². The summed E-state index contributed by atoms with van der Waals surface area (Å²) in [5.41, 5.74) is 6.76. The minimum atomic E-state index is 0.643. The van der Waals surface area contributed by atoms with Crippen molar-refractivity contribution in [2.45, 2.75) is 78.3 Å². The van der Waals surface area contributed by atoms with Crippen LogP contribution in [0.3, 0.4) is 0 Å². The lowest BCUT2D eigenvalue weighted by molar-refractivity contribution is -0.109. The Hall–Kier alpha value is -2.93. The lowest BCUT2D eigenvalue weighted by Gasteiger charge is -2.24. The van der Waals surface area contributed by atoms with Gasteiger partial charge < -0.3 is 20.1 Å². The number of nitrogens with zero attached hydrogens (tertiary/aromatic N) is 4. The summed E-state index contributed by atoms with van der Waals surface area (Å²) in [6.45, 7) is 11.3. The number of fused-ring (bicyclic) bond motifs is 1.